The molecular formula is C18H20N2O3. The number of amides is 2. The van der Waals surface area contributed by atoms with E-state index < -0.39 is 11.8 Å². The normalized spacial score (nSPS) is 10.0. The molecule has 0 aliphatic heterocycles. The van der Waals surface area contributed by atoms with E-state index in [0.717, 1.165) is 11.1 Å². The highest BCUT2D eigenvalue weighted by Crippen LogP contribution is 2.23. The van der Waals surface area contributed by atoms with Crippen LogP contribution in [0.1, 0.15) is 18.1 Å². The van der Waals surface area contributed by atoms with Crippen LogP contribution in [-0.4, -0.2) is 18.4 Å². The van der Waals surface area contributed by atoms with Crippen LogP contribution in [0.4, 0.5) is 11.4 Å². The van der Waals surface area contributed by atoms with E-state index in [-0.39, 0.29) is 0 Å². The van der Waals surface area contributed by atoms with E-state index in [1.165, 1.54) is 0 Å². The zero-order valence-electron chi connectivity index (χ0n) is 13.5. The number of rotatable bonds is 4. The fraction of sp³-hybridized carbons (Fsp3) is 0.222. The molecule has 0 saturated carbocycles. The van der Waals surface area contributed by atoms with Gasteiger partial charge < -0.3 is 15.4 Å². The molecule has 0 heterocycles. The van der Waals surface area contributed by atoms with Crippen LogP contribution in [-0.2, 0) is 9.59 Å². The molecule has 2 rings (SSSR count). The maximum atomic E-state index is 12.1. The molecule has 0 unspecified atom stereocenters. The quantitative estimate of drug-likeness (QED) is 0.851. The van der Waals surface area contributed by atoms with Gasteiger partial charge in [0.2, 0.25) is 0 Å². The van der Waals surface area contributed by atoms with E-state index in [1.54, 1.807) is 24.3 Å². The summed E-state index contributed by atoms with van der Waals surface area (Å²) in [6.07, 6.45) is 0. The van der Waals surface area contributed by atoms with E-state index in [0.29, 0.717) is 23.7 Å². The van der Waals surface area contributed by atoms with Crippen LogP contribution in [0.3, 0.4) is 0 Å². The predicted octanol–water partition coefficient (Wildman–Crippen LogP) is 3.28. The average molecular weight is 312 g/mol. The summed E-state index contributed by atoms with van der Waals surface area (Å²) in [7, 11) is 0. The van der Waals surface area contributed by atoms with Gasteiger partial charge in [-0.25, -0.2) is 0 Å². The molecule has 0 radical (unpaired) electrons. The molecule has 0 saturated heterocycles. The van der Waals surface area contributed by atoms with Crippen LogP contribution in [0.25, 0.3) is 0 Å². The molecule has 2 amide bonds. The zero-order chi connectivity index (χ0) is 16.8. The van der Waals surface area contributed by atoms with Gasteiger partial charge >= 0.3 is 11.8 Å². The summed E-state index contributed by atoms with van der Waals surface area (Å²) in [6.45, 7) is 6.19. The predicted molar refractivity (Wildman–Crippen MR) is 90.8 cm³/mol. The fourth-order valence-electron chi connectivity index (χ4n) is 2.27. The Balaban J connectivity index is 2.07. The van der Waals surface area contributed by atoms with Gasteiger partial charge in [-0.05, 0) is 56.2 Å². The van der Waals surface area contributed by atoms with Gasteiger partial charge in [0.1, 0.15) is 5.75 Å². The SMILES string of the molecule is CCOc1ccccc1NC(=O)C(=O)Nc1cc(C)cc(C)c1. The Kier molecular flexibility index (Phi) is 5.36. The Morgan fingerprint density at radius 2 is 1.57 bits per heavy atom. The molecule has 5 heteroatoms. The first-order valence-corrected chi connectivity index (χ1v) is 7.42. The standard InChI is InChI=1S/C18H20N2O3/c1-4-23-16-8-6-5-7-15(16)20-18(22)17(21)19-14-10-12(2)9-13(3)11-14/h5-11H,4H2,1-3H3,(H,19,21)(H,20,22). The number of aryl methyl sites for hydroxylation is 2. The van der Waals surface area contributed by atoms with E-state index in [2.05, 4.69) is 10.6 Å². The Morgan fingerprint density at radius 1 is 0.957 bits per heavy atom. The van der Waals surface area contributed by atoms with Crippen LogP contribution in [0.15, 0.2) is 42.5 Å². The van der Waals surface area contributed by atoms with Crippen molar-refractivity contribution in [3.63, 3.8) is 0 Å². The van der Waals surface area contributed by atoms with Crippen LogP contribution in [0.5, 0.6) is 5.75 Å². The minimum Gasteiger partial charge on any atom is -0.492 e. The van der Waals surface area contributed by atoms with Crippen molar-refractivity contribution < 1.29 is 14.3 Å². The highest BCUT2D eigenvalue weighted by molar-refractivity contribution is 6.43. The topological polar surface area (TPSA) is 67.4 Å². The van der Waals surface area contributed by atoms with Crippen molar-refractivity contribution in [1.29, 1.82) is 0 Å². The first kappa shape index (κ1) is 16.5. The second-order valence-corrected chi connectivity index (χ2v) is 5.21. The molecule has 2 N–H and O–H groups in total. The molecule has 0 spiro atoms. The van der Waals surface area contributed by atoms with Crippen molar-refractivity contribution in [3.05, 3.63) is 53.6 Å². The van der Waals surface area contributed by atoms with Crippen LogP contribution < -0.4 is 15.4 Å². The number of anilines is 2. The summed E-state index contributed by atoms with van der Waals surface area (Å²) in [5, 5.41) is 5.17. The largest absolute Gasteiger partial charge is 0.492 e. The van der Waals surface area contributed by atoms with E-state index in [1.807, 2.05) is 39.0 Å². The van der Waals surface area contributed by atoms with Gasteiger partial charge in [0.15, 0.2) is 0 Å². The second kappa shape index (κ2) is 7.45. The summed E-state index contributed by atoms with van der Waals surface area (Å²) >= 11 is 0. The van der Waals surface area contributed by atoms with Crippen molar-refractivity contribution in [2.75, 3.05) is 17.2 Å². The molecule has 0 bridgehead atoms. The van der Waals surface area contributed by atoms with Crippen LogP contribution in [0, 0.1) is 13.8 Å². The number of nitrogens with one attached hydrogen (secondary N) is 2. The third-order valence-electron chi connectivity index (χ3n) is 3.12. The number of para-hydroxylation sites is 2. The van der Waals surface area contributed by atoms with Gasteiger partial charge in [-0.1, -0.05) is 18.2 Å². The lowest BCUT2D eigenvalue weighted by Gasteiger charge is -2.11. The van der Waals surface area contributed by atoms with Gasteiger partial charge in [-0.2, -0.15) is 0 Å². The van der Waals surface area contributed by atoms with E-state index >= 15 is 0 Å². The molecule has 0 aromatic heterocycles. The number of carbonyl (C=O) groups excluding carboxylic acids is 2. The minimum absolute atomic E-state index is 0.468. The second-order valence-electron chi connectivity index (χ2n) is 5.21. The number of hydrogen-bond donors (Lipinski definition) is 2. The lowest BCUT2D eigenvalue weighted by Crippen LogP contribution is -2.29. The monoisotopic (exact) mass is 312 g/mol. The lowest BCUT2D eigenvalue weighted by atomic mass is 10.1. The fourth-order valence-corrected chi connectivity index (χ4v) is 2.27. The number of carbonyl (C=O) groups is 2. The Bertz CT molecular complexity index is 706. The molecule has 0 aliphatic rings. The lowest BCUT2D eigenvalue weighted by molar-refractivity contribution is -0.133. The van der Waals surface area contributed by atoms with Crippen molar-refractivity contribution in [2.45, 2.75) is 20.8 Å². The summed E-state index contributed by atoms with van der Waals surface area (Å²) in [6, 6.07) is 12.6. The Morgan fingerprint density at radius 3 is 2.22 bits per heavy atom. The molecule has 2 aromatic carbocycles. The number of hydrogen-bond acceptors (Lipinski definition) is 3. The molecule has 0 aliphatic carbocycles. The summed E-state index contributed by atoms with van der Waals surface area (Å²) in [5.74, 6) is -0.930. The van der Waals surface area contributed by atoms with E-state index in [4.69, 9.17) is 4.74 Å². The van der Waals surface area contributed by atoms with Gasteiger partial charge in [0.25, 0.3) is 0 Å². The van der Waals surface area contributed by atoms with Gasteiger partial charge in [0.05, 0.1) is 12.3 Å². The van der Waals surface area contributed by atoms with Gasteiger partial charge in [0, 0.05) is 5.69 Å². The van der Waals surface area contributed by atoms with Crippen molar-refractivity contribution in [3.8, 4) is 5.75 Å². The summed E-state index contributed by atoms with van der Waals surface area (Å²) in [4.78, 5) is 24.1. The van der Waals surface area contributed by atoms with Crippen molar-refractivity contribution in [2.24, 2.45) is 0 Å². The minimum atomic E-state index is -0.740. The summed E-state index contributed by atoms with van der Waals surface area (Å²) in [5.41, 5.74) is 3.10. The van der Waals surface area contributed by atoms with Crippen molar-refractivity contribution in [1.82, 2.24) is 0 Å². The van der Waals surface area contributed by atoms with Gasteiger partial charge in [-0.3, -0.25) is 9.59 Å². The summed E-state index contributed by atoms with van der Waals surface area (Å²) < 4.78 is 5.42. The highest BCUT2D eigenvalue weighted by Gasteiger charge is 2.16. The average Bonchev–Trinajstić information content (AvgIpc) is 2.48. The maximum Gasteiger partial charge on any atom is 0.314 e. The van der Waals surface area contributed by atoms with E-state index in [9.17, 15) is 9.59 Å². The van der Waals surface area contributed by atoms with Crippen molar-refractivity contribution >= 4 is 23.2 Å². The van der Waals surface area contributed by atoms with Crippen LogP contribution >= 0.6 is 0 Å². The molecular weight excluding hydrogens is 292 g/mol. The first-order valence-electron chi connectivity index (χ1n) is 7.42. The van der Waals surface area contributed by atoms with Gasteiger partial charge in [-0.15, -0.1) is 0 Å². The maximum absolute atomic E-state index is 12.1. The number of benzene rings is 2. The molecule has 0 fully saturated rings. The van der Waals surface area contributed by atoms with Crippen LogP contribution in [0.2, 0.25) is 0 Å². The molecule has 120 valence electrons. The highest BCUT2D eigenvalue weighted by atomic mass is 16.5. The molecule has 23 heavy (non-hydrogen) atoms. The third-order valence-corrected chi connectivity index (χ3v) is 3.12. The Labute approximate surface area is 135 Å². The third kappa shape index (κ3) is 4.57. The molecule has 5 nitrogen and oxygen atoms in total. The number of ether oxygens (including phenoxy) is 1. The zero-order valence-corrected chi connectivity index (χ0v) is 13.5. The molecule has 2 aromatic rings. The first-order chi connectivity index (χ1) is 11.0. The smallest absolute Gasteiger partial charge is 0.314 e. The molecule has 0 atom stereocenters. The Hall–Kier alpha value is -2.82.